The van der Waals surface area contributed by atoms with E-state index >= 15 is 0 Å². The molecule has 2 N–H and O–H groups in total. The van der Waals surface area contributed by atoms with Crippen molar-refractivity contribution in [2.24, 2.45) is 0 Å². The Morgan fingerprint density at radius 3 is 1.40 bits per heavy atom. The number of rotatable bonds is 6. The summed E-state index contributed by atoms with van der Waals surface area (Å²) in [5.41, 5.74) is 1.80. The zero-order valence-corrected chi connectivity index (χ0v) is 17.3. The van der Waals surface area contributed by atoms with Crippen molar-refractivity contribution in [1.29, 1.82) is 10.5 Å². The molecule has 6 nitrogen and oxygen atoms in total. The SMILES string of the molecule is N#CC(C(=O)NCc1ccccc1)=c1sc(=C(C#N)C(=O)NCc2ccccc2)s1. The lowest BCUT2D eigenvalue weighted by Crippen LogP contribution is -2.30. The quantitative estimate of drug-likeness (QED) is 0.619. The van der Waals surface area contributed by atoms with Crippen LogP contribution in [0.5, 0.6) is 0 Å². The fourth-order valence-electron chi connectivity index (χ4n) is 2.49. The van der Waals surface area contributed by atoms with Crippen LogP contribution in [-0.4, -0.2) is 11.8 Å². The maximum Gasteiger partial charge on any atom is 0.264 e. The first kappa shape index (κ1) is 21.0. The van der Waals surface area contributed by atoms with Gasteiger partial charge in [0.05, 0.1) is 0 Å². The first-order valence-corrected chi connectivity index (χ1v) is 10.5. The third kappa shape index (κ3) is 5.21. The molecular formula is C22H16N4O2S2. The third-order valence-electron chi connectivity index (χ3n) is 4.05. The number of nitrogens with zero attached hydrogens (tertiary/aromatic N) is 2. The van der Waals surface area contributed by atoms with Gasteiger partial charge in [-0.15, -0.1) is 22.7 Å². The molecule has 30 heavy (non-hydrogen) atoms. The fourth-order valence-corrected chi connectivity index (χ4v) is 4.56. The molecule has 0 aliphatic carbocycles. The molecule has 0 atom stereocenters. The van der Waals surface area contributed by atoms with Crippen LogP contribution < -0.4 is 18.3 Å². The average molecular weight is 433 g/mol. The molecule has 8 heteroatoms. The number of nitrogens with one attached hydrogen (secondary N) is 2. The second-order valence-corrected chi connectivity index (χ2v) is 8.65. The van der Waals surface area contributed by atoms with E-state index in [1.54, 1.807) is 0 Å². The first-order valence-electron chi connectivity index (χ1n) is 8.91. The van der Waals surface area contributed by atoms with E-state index in [9.17, 15) is 20.1 Å². The van der Waals surface area contributed by atoms with E-state index < -0.39 is 11.8 Å². The summed E-state index contributed by atoms with van der Waals surface area (Å²) in [6, 6.07) is 22.6. The summed E-state index contributed by atoms with van der Waals surface area (Å²) >= 11 is 2.19. The molecule has 0 aliphatic rings. The highest BCUT2D eigenvalue weighted by Crippen LogP contribution is 2.04. The Hall–Kier alpha value is -3.72. The van der Waals surface area contributed by atoms with Gasteiger partial charge in [0.2, 0.25) is 0 Å². The topological polar surface area (TPSA) is 106 Å². The minimum Gasteiger partial charge on any atom is -0.347 e. The Kier molecular flexibility index (Phi) is 7.12. The van der Waals surface area contributed by atoms with E-state index in [0.717, 1.165) is 33.8 Å². The van der Waals surface area contributed by atoms with Gasteiger partial charge in [-0.2, -0.15) is 10.5 Å². The minimum absolute atomic E-state index is 0.0216. The predicted molar refractivity (Wildman–Crippen MR) is 116 cm³/mol. The van der Waals surface area contributed by atoms with Gasteiger partial charge in [0.15, 0.2) is 0 Å². The van der Waals surface area contributed by atoms with E-state index in [2.05, 4.69) is 10.6 Å². The summed E-state index contributed by atoms with van der Waals surface area (Å²) in [4.78, 5) is 24.7. The fraction of sp³-hybridized carbons (Fsp3) is 0.0909. The second kappa shape index (κ2) is 10.2. The molecule has 0 spiro atoms. The molecule has 3 rings (SSSR count). The standard InChI is InChI=1S/C22H16N4O2S2/c23-11-17(19(27)25-13-15-7-3-1-4-8-15)21-29-22(30-21)18(12-24)20(28)26-14-16-9-5-2-6-10-16/h1-10H,13-14H2,(H,25,27)(H,26,28). The van der Waals surface area contributed by atoms with Crippen molar-refractivity contribution in [2.45, 2.75) is 13.1 Å². The molecule has 2 aromatic carbocycles. The van der Waals surface area contributed by atoms with E-state index in [4.69, 9.17) is 0 Å². The number of amides is 2. The molecule has 0 radical (unpaired) electrons. The van der Waals surface area contributed by atoms with Gasteiger partial charge >= 0.3 is 0 Å². The van der Waals surface area contributed by atoms with Gasteiger partial charge in [0, 0.05) is 13.1 Å². The Morgan fingerprint density at radius 2 is 1.07 bits per heavy atom. The van der Waals surface area contributed by atoms with Gasteiger partial charge in [-0.25, -0.2) is 0 Å². The van der Waals surface area contributed by atoms with Gasteiger partial charge in [-0.3, -0.25) is 9.59 Å². The monoisotopic (exact) mass is 432 g/mol. The van der Waals surface area contributed by atoms with Gasteiger partial charge in [0.1, 0.15) is 31.0 Å². The molecule has 0 saturated heterocycles. The number of carbonyl (C=O) groups is 2. The van der Waals surface area contributed by atoms with E-state index in [0.29, 0.717) is 20.8 Å². The Morgan fingerprint density at radius 1 is 0.700 bits per heavy atom. The lowest BCUT2D eigenvalue weighted by atomic mass is 10.2. The number of carbonyl (C=O) groups excluding carboxylic acids is 2. The summed E-state index contributed by atoms with van der Waals surface area (Å²) in [7, 11) is 0. The highest BCUT2D eigenvalue weighted by atomic mass is 32.2. The van der Waals surface area contributed by atoms with Crippen LogP contribution in [0, 0.1) is 22.7 Å². The Bertz CT molecular complexity index is 1130. The van der Waals surface area contributed by atoms with Gasteiger partial charge in [0.25, 0.3) is 11.8 Å². The Labute approximate surface area is 181 Å². The van der Waals surface area contributed by atoms with Crippen LogP contribution in [0.3, 0.4) is 0 Å². The molecule has 0 saturated carbocycles. The van der Waals surface area contributed by atoms with Crippen molar-refractivity contribution >= 4 is 45.6 Å². The van der Waals surface area contributed by atoms with Crippen molar-refractivity contribution in [2.75, 3.05) is 0 Å². The van der Waals surface area contributed by atoms with Crippen molar-refractivity contribution in [3.05, 3.63) is 79.5 Å². The molecule has 1 heterocycles. The van der Waals surface area contributed by atoms with Crippen molar-refractivity contribution < 1.29 is 9.59 Å². The molecule has 1 aromatic heterocycles. The molecular weight excluding hydrogens is 416 g/mol. The Balaban J connectivity index is 1.74. The van der Waals surface area contributed by atoms with E-state index in [1.807, 2.05) is 72.8 Å². The smallest absolute Gasteiger partial charge is 0.264 e. The minimum atomic E-state index is -0.484. The summed E-state index contributed by atoms with van der Waals surface area (Å²) in [5, 5.41) is 24.2. The number of benzene rings is 2. The maximum atomic E-state index is 12.3. The van der Waals surface area contributed by atoms with E-state index in [1.165, 1.54) is 0 Å². The molecule has 3 aromatic rings. The summed E-state index contributed by atoms with van der Waals surface area (Å²) in [6.07, 6.45) is 0. The van der Waals surface area contributed by atoms with E-state index in [-0.39, 0.29) is 11.1 Å². The van der Waals surface area contributed by atoms with Crippen molar-refractivity contribution in [3.63, 3.8) is 0 Å². The van der Waals surface area contributed by atoms with Crippen molar-refractivity contribution in [3.8, 4) is 12.1 Å². The third-order valence-corrected chi connectivity index (χ3v) is 6.61. The largest absolute Gasteiger partial charge is 0.347 e. The summed E-state index contributed by atoms with van der Waals surface area (Å²) in [5.74, 6) is -0.968. The normalized spacial score (nSPS) is 9.80. The summed E-state index contributed by atoms with van der Waals surface area (Å²) in [6.45, 7) is 0.614. The number of hydrogen-bond acceptors (Lipinski definition) is 6. The highest BCUT2D eigenvalue weighted by Gasteiger charge is 2.16. The van der Waals surface area contributed by atoms with Crippen LogP contribution in [0.25, 0.3) is 11.1 Å². The molecule has 0 aliphatic heterocycles. The number of hydrogen-bond donors (Lipinski definition) is 2. The van der Waals surface area contributed by atoms with Crippen LogP contribution in [0.15, 0.2) is 60.7 Å². The van der Waals surface area contributed by atoms with Crippen LogP contribution in [0.4, 0.5) is 0 Å². The lowest BCUT2D eigenvalue weighted by Gasteiger charge is -2.06. The highest BCUT2D eigenvalue weighted by molar-refractivity contribution is 7.36. The molecule has 0 bridgehead atoms. The van der Waals surface area contributed by atoms with Crippen LogP contribution in [0.1, 0.15) is 11.1 Å². The second-order valence-electron chi connectivity index (χ2n) is 6.09. The average Bonchev–Trinajstić information content (AvgIpc) is 2.76. The first-order chi connectivity index (χ1) is 14.6. The number of nitriles is 2. The predicted octanol–water partition coefficient (Wildman–Crippen LogP) is 1.79. The van der Waals surface area contributed by atoms with Gasteiger partial charge in [-0.1, -0.05) is 60.7 Å². The van der Waals surface area contributed by atoms with Gasteiger partial charge in [-0.05, 0) is 11.1 Å². The molecule has 148 valence electrons. The molecule has 2 amide bonds. The van der Waals surface area contributed by atoms with Gasteiger partial charge < -0.3 is 10.6 Å². The maximum absolute atomic E-state index is 12.3. The van der Waals surface area contributed by atoms with Crippen molar-refractivity contribution in [1.82, 2.24) is 10.6 Å². The lowest BCUT2D eigenvalue weighted by molar-refractivity contribution is -0.116. The zero-order valence-electron chi connectivity index (χ0n) is 15.7. The summed E-state index contributed by atoms with van der Waals surface area (Å²) < 4.78 is 0.948. The van der Waals surface area contributed by atoms with Crippen LogP contribution in [0.2, 0.25) is 0 Å². The zero-order chi connectivity index (χ0) is 21.3. The molecule has 0 unspecified atom stereocenters. The molecule has 0 fully saturated rings. The van der Waals surface area contributed by atoms with Crippen LogP contribution in [-0.2, 0) is 22.7 Å². The van der Waals surface area contributed by atoms with Crippen LogP contribution >= 0.6 is 22.7 Å².